The van der Waals surface area contributed by atoms with Crippen LogP contribution in [0, 0.1) is 18.8 Å². The Kier molecular flexibility index (Phi) is 5.49. The van der Waals surface area contributed by atoms with Gasteiger partial charge in [-0.15, -0.1) is 0 Å². The molecular weight excluding hydrogens is 212 g/mol. The topological polar surface area (TPSA) is 29.5 Å². The minimum atomic E-state index is 0.254. The number of hydrogen-bond donors (Lipinski definition) is 1. The molecule has 1 unspecified atom stereocenters. The summed E-state index contributed by atoms with van der Waals surface area (Å²) in [6.45, 7) is 9.33. The first-order valence-electron chi connectivity index (χ1n) is 6.41. The third-order valence-corrected chi connectivity index (χ3v) is 3.21. The van der Waals surface area contributed by atoms with Crippen LogP contribution in [-0.2, 0) is 6.42 Å². The van der Waals surface area contributed by atoms with E-state index in [2.05, 4.69) is 32.9 Å². The lowest BCUT2D eigenvalue weighted by atomic mass is 9.89. The van der Waals surface area contributed by atoms with E-state index >= 15 is 0 Å². The van der Waals surface area contributed by atoms with E-state index in [4.69, 9.17) is 4.74 Å². The van der Waals surface area contributed by atoms with Crippen molar-refractivity contribution in [3.05, 3.63) is 29.3 Å². The van der Waals surface area contributed by atoms with Crippen LogP contribution < -0.4 is 4.74 Å². The van der Waals surface area contributed by atoms with Gasteiger partial charge in [0.25, 0.3) is 0 Å². The molecule has 1 N–H and O–H groups in total. The molecule has 1 aromatic rings. The number of rotatable bonds is 6. The largest absolute Gasteiger partial charge is 0.494 e. The van der Waals surface area contributed by atoms with E-state index in [0.717, 1.165) is 12.2 Å². The summed E-state index contributed by atoms with van der Waals surface area (Å²) in [5.41, 5.74) is 2.45. The van der Waals surface area contributed by atoms with Crippen molar-refractivity contribution >= 4 is 0 Å². The summed E-state index contributed by atoms with van der Waals surface area (Å²) in [4.78, 5) is 0. The van der Waals surface area contributed by atoms with E-state index in [1.54, 1.807) is 0 Å². The van der Waals surface area contributed by atoms with Crippen molar-refractivity contribution in [2.75, 3.05) is 13.2 Å². The average Bonchev–Trinajstić information content (AvgIpc) is 2.29. The van der Waals surface area contributed by atoms with Crippen molar-refractivity contribution < 1.29 is 9.84 Å². The lowest BCUT2D eigenvalue weighted by molar-refractivity contribution is 0.189. The molecule has 17 heavy (non-hydrogen) atoms. The smallest absolute Gasteiger partial charge is 0.122 e. The highest BCUT2D eigenvalue weighted by Crippen LogP contribution is 2.22. The highest BCUT2D eigenvalue weighted by molar-refractivity contribution is 5.36. The Balaban J connectivity index is 2.76. The van der Waals surface area contributed by atoms with E-state index < -0.39 is 0 Å². The van der Waals surface area contributed by atoms with Crippen LogP contribution in [0.3, 0.4) is 0 Å². The van der Waals surface area contributed by atoms with Gasteiger partial charge in [-0.1, -0.05) is 26.0 Å². The first-order chi connectivity index (χ1) is 8.08. The molecule has 0 amide bonds. The minimum Gasteiger partial charge on any atom is -0.494 e. The van der Waals surface area contributed by atoms with Gasteiger partial charge in [0.2, 0.25) is 0 Å². The average molecular weight is 236 g/mol. The first-order valence-corrected chi connectivity index (χ1v) is 6.41. The normalized spacial score (nSPS) is 12.8. The van der Waals surface area contributed by atoms with Gasteiger partial charge in [-0.25, -0.2) is 0 Å². The van der Waals surface area contributed by atoms with Gasteiger partial charge in [0.05, 0.1) is 6.61 Å². The van der Waals surface area contributed by atoms with Gasteiger partial charge in [-0.2, -0.15) is 0 Å². The summed E-state index contributed by atoms with van der Waals surface area (Å²) in [5, 5.41) is 9.34. The Labute approximate surface area is 105 Å². The fourth-order valence-corrected chi connectivity index (χ4v) is 1.97. The zero-order valence-electron chi connectivity index (χ0n) is 11.4. The maximum absolute atomic E-state index is 9.34. The second-order valence-electron chi connectivity index (χ2n) is 4.92. The van der Waals surface area contributed by atoms with E-state index in [1.807, 2.05) is 13.0 Å². The fourth-order valence-electron chi connectivity index (χ4n) is 1.97. The number of benzene rings is 1. The van der Waals surface area contributed by atoms with Crippen LogP contribution in [-0.4, -0.2) is 18.3 Å². The van der Waals surface area contributed by atoms with Gasteiger partial charge in [-0.3, -0.25) is 0 Å². The van der Waals surface area contributed by atoms with Gasteiger partial charge in [0, 0.05) is 6.61 Å². The van der Waals surface area contributed by atoms with Crippen LogP contribution in [0.1, 0.15) is 31.9 Å². The van der Waals surface area contributed by atoms with Crippen molar-refractivity contribution in [1.82, 2.24) is 0 Å². The van der Waals surface area contributed by atoms with E-state index in [1.165, 1.54) is 11.1 Å². The molecule has 2 heteroatoms. The predicted octanol–water partition coefficient (Wildman–Crippen LogP) is 3.20. The van der Waals surface area contributed by atoms with Gasteiger partial charge >= 0.3 is 0 Å². The number of aliphatic hydroxyl groups excluding tert-OH is 1. The molecule has 96 valence electrons. The summed E-state index contributed by atoms with van der Waals surface area (Å²) in [6, 6.07) is 6.29. The predicted molar refractivity (Wildman–Crippen MR) is 71.5 cm³/mol. The van der Waals surface area contributed by atoms with Crippen molar-refractivity contribution in [3.8, 4) is 5.75 Å². The van der Waals surface area contributed by atoms with E-state index in [0.29, 0.717) is 18.4 Å². The summed E-state index contributed by atoms with van der Waals surface area (Å²) in [6.07, 6.45) is 0.932. The molecule has 1 rings (SSSR count). The molecule has 0 heterocycles. The molecule has 1 aromatic carbocycles. The Morgan fingerprint density at radius 1 is 1.29 bits per heavy atom. The van der Waals surface area contributed by atoms with E-state index in [9.17, 15) is 5.11 Å². The van der Waals surface area contributed by atoms with Crippen LogP contribution in [0.15, 0.2) is 18.2 Å². The molecule has 2 nitrogen and oxygen atoms in total. The zero-order valence-corrected chi connectivity index (χ0v) is 11.4. The summed E-state index contributed by atoms with van der Waals surface area (Å²) >= 11 is 0. The number of hydrogen-bond acceptors (Lipinski definition) is 2. The second kappa shape index (κ2) is 6.65. The Bertz CT molecular complexity index is 345. The SMILES string of the molecule is CCOc1ccc(CC(CO)C(C)C)cc1C. The number of aryl methyl sites for hydroxylation is 1. The zero-order chi connectivity index (χ0) is 12.8. The first kappa shape index (κ1) is 14.0. The highest BCUT2D eigenvalue weighted by Gasteiger charge is 2.13. The maximum atomic E-state index is 9.34. The molecule has 0 aliphatic rings. The Hall–Kier alpha value is -1.02. The monoisotopic (exact) mass is 236 g/mol. The number of aliphatic hydroxyl groups is 1. The highest BCUT2D eigenvalue weighted by atomic mass is 16.5. The molecule has 0 aromatic heterocycles. The van der Waals surface area contributed by atoms with Crippen LogP contribution in [0.2, 0.25) is 0 Å². The summed E-state index contributed by atoms with van der Waals surface area (Å²) < 4.78 is 5.52. The summed E-state index contributed by atoms with van der Waals surface area (Å²) in [5.74, 6) is 1.81. The molecule has 0 fully saturated rings. The van der Waals surface area contributed by atoms with Crippen LogP contribution >= 0.6 is 0 Å². The molecule has 0 saturated heterocycles. The van der Waals surface area contributed by atoms with Gasteiger partial charge in [0.1, 0.15) is 5.75 Å². The Morgan fingerprint density at radius 3 is 2.47 bits per heavy atom. The van der Waals surface area contributed by atoms with Crippen LogP contribution in [0.25, 0.3) is 0 Å². The quantitative estimate of drug-likeness (QED) is 0.822. The van der Waals surface area contributed by atoms with Gasteiger partial charge in [0.15, 0.2) is 0 Å². The lowest BCUT2D eigenvalue weighted by Crippen LogP contribution is -2.16. The third-order valence-electron chi connectivity index (χ3n) is 3.21. The van der Waals surface area contributed by atoms with Crippen LogP contribution in [0.4, 0.5) is 0 Å². The molecule has 0 aliphatic heterocycles. The van der Waals surface area contributed by atoms with Crippen molar-refractivity contribution in [3.63, 3.8) is 0 Å². The standard InChI is InChI=1S/C15H24O2/c1-5-17-15-7-6-13(8-12(15)4)9-14(10-16)11(2)3/h6-8,11,14,16H,5,9-10H2,1-4H3. The molecular formula is C15H24O2. The van der Waals surface area contributed by atoms with Crippen LogP contribution in [0.5, 0.6) is 5.75 Å². The molecule has 0 bridgehead atoms. The van der Waals surface area contributed by atoms with Gasteiger partial charge < -0.3 is 9.84 Å². The Morgan fingerprint density at radius 2 is 2.00 bits per heavy atom. The third kappa shape index (κ3) is 4.04. The molecule has 0 aliphatic carbocycles. The van der Waals surface area contributed by atoms with Crippen molar-refractivity contribution in [1.29, 1.82) is 0 Å². The lowest BCUT2D eigenvalue weighted by Gasteiger charge is -2.18. The second-order valence-corrected chi connectivity index (χ2v) is 4.92. The molecule has 0 saturated carbocycles. The van der Waals surface area contributed by atoms with Gasteiger partial charge in [-0.05, 0) is 49.3 Å². The molecule has 0 spiro atoms. The summed E-state index contributed by atoms with van der Waals surface area (Å²) in [7, 11) is 0. The fraction of sp³-hybridized carbons (Fsp3) is 0.600. The molecule has 1 atom stereocenters. The minimum absolute atomic E-state index is 0.254. The van der Waals surface area contributed by atoms with Crippen molar-refractivity contribution in [2.24, 2.45) is 11.8 Å². The number of ether oxygens (including phenoxy) is 1. The van der Waals surface area contributed by atoms with E-state index in [-0.39, 0.29) is 6.61 Å². The molecule has 0 radical (unpaired) electrons. The maximum Gasteiger partial charge on any atom is 0.122 e. The van der Waals surface area contributed by atoms with Crippen molar-refractivity contribution in [2.45, 2.75) is 34.1 Å².